The van der Waals surface area contributed by atoms with Crippen LogP contribution in [0.5, 0.6) is 11.5 Å². The predicted molar refractivity (Wildman–Crippen MR) is 127 cm³/mol. The van der Waals surface area contributed by atoms with Crippen LogP contribution in [0, 0.1) is 6.92 Å². The van der Waals surface area contributed by atoms with Crippen LogP contribution in [0.3, 0.4) is 0 Å². The number of nitrogens with zero attached hydrogens (tertiary/aromatic N) is 3. The Morgan fingerprint density at radius 1 is 1.06 bits per heavy atom. The molecule has 8 heteroatoms. The topological polar surface area (TPSA) is 93.9 Å². The molecule has 0 spiro atoms. The number of imidazole rings is 1. The molecule has 176 valence electrons. The van der Waals surface area contributed by atoms with Crippen LogP contribution in [-0.2, 0) is 16.1 Å². The number of Topliss-reactive ketones (excluding diaryl/α,β-unsaturated/α-hetero) is 1. The number of likely N-dealkylation sites (tertiary alicyclic amines) is 1. The molecular formula is C26H27N3O5. The summed E-state index contributed by atoms with van der Waals surface area (Å²) in [5.74, 6) is -0.563. The SMILES string of the molecule is COc1ccc(OC)c(C2/C(=C(\O)c3ccc(C)cc3)C(=O)C(=O)N2CCCn2ccnc2)c1. The number of hydrogen-bond donors (Lipinski definition) is 1. The summed E-state index contributed by atoms with van der Waals surface area (Å²) in [5, 5.41) is 11.2. The van der Waals surface area contributed by atoms with Crippen molar-refractivity contribution >= 4 is 17.4 Å². The average Bonchev–Trinajstić information content (AvgIpc) is 3.46. The first-order valence-electron chi connectivity index (χ1n) is 11.0. The lowest BCUT2D eigenvalue weighted by atomic mass is 9.94. The van der Waals surface area contributed by atoms with Crippen LogP contribution in [0.2, 0.25) is 0 Å². The molecule has 8 nitrogen and oxygen atoms in total. The van der Waals surface area contributed by atoms with Gasteiger partial charge in [-0.15, -0.1) is 0 Å². The summed E-state index contributed by atoms with van der Waals surface area (Å²) in [6.45, 7) is 2.87. The number of rotatable bonds is 8. The van der Waals surface area contributed by atoms with E-state index in [0.717, 1.165) is 5.56 Å². The Labute approximate surface area is 198 Å². The van der Waals surface area contributed by atoms with Gasteiger partial charge in [0.15, 0.2) is 0 Å². The Morgan fingerprint density at radius 2 is 1.82 bits per heavy atom. The first kappa shape index (κ1) is 23.1. The second-order valence-electron chi connectivity index (χ2n) is 8.12. The van der Waals surface area contributed by atoms with Crippen molar-refractivity contribution in [2.45, 2.75) is 25.9 Å². The highest BCUT2D eigenvalue weighted by molar-refractivity contribution is 6.46. The van der Waals surface area contributed by atoms with Crippen LogP contribution < -0.4 is 9.47 Å². The lowest BCUT2D eigenvalue weighted by Gasteiger charge is -2.27. The third-order valence-corrected chi connectivity index (χ3v) is 5.97. The van der Waals surface area contributed by atoms with Crippen LogP contribution in [0.4, 0.5) is 0 Å². The molecule has 3 aromatic rings. The number of ketones is 1. The van der Waals surface area contributed by atoms with E-state index in [1.807, 2.05) is 29.8 Å². The molecule has 1 amide bonds. The number of benzene rings is 2. The molecule has 1 unspecified atom stereocenters. The van der Waals surface area contributed by atoms with E-state index in [1.54, 1.807) is 50.0 Å². The fraction of sp³-hybridized carbons (Fsp3) is 0.269. The summed E-state index contributed by atoms with van der Waals surface area (Å²) in [7, 11) is 3.07. The van der Waals surface area contributed by atoms with Crippen molar-refractivity contribution in [1.82, 2.24) is 14.5 Å². The van der Waals surface area contributed by atoms with Gasteiger partial charge >= 0.3 is 0 Å². The predicted octanol–water partition coefficient (Wildman–Crippen LogP) is 3.72. The molecule has 1 aromatic heterocycles. The number of amides is 1. The number of methoxy groups -OCH3 is 2. The molecular weight excluding hydrogens is 434 g/mol. The number of carbonyl (C=O) groups is 2. The maximum Gasteiger partial charge on any atom is 0.295 e. The van der Waals surface area contributed by atoms with Gasteiger partial charge in [-0.25, -0.2) is 4.98 Å². The molecule has 1 aliphatic heterocycles. The molecule has 0 bridgehead atoms. The Kier molecular flexibility index (Phi) is 6.67. The molecule has 0 saturated carbocycles. The lowest BCUT2D eigenvalue weighted by molar-refractivity contribution is -0.140. The van der Waals surface area contributed by atoms with Crippen molar-refractivity contribution in [1.29, 1.82) is 0 Å². The number of aromatic nitrogens is 2. The zero-order valence-electron chi connectivity index (χ0n) is 19.4. The second-order valence-corrected chi connectivity index (χ2v) is 8.12. The Morgan fingerprint density at radius 3 is 2.47 bits per heavy atom. The highest BCUT2D eigenvalue weighted by Crippen LogP contribution is 2.43. The normalized spacial score (nSPS) is 17.3. The van der Waals surface area contributed by atoms with Gasteiger partial charge in [-0.1, -0.05) is 29.8 Å². The monoisotopic (exact) mass is 461 g/mol. The van der Waals surface area contributed by atoms with Gasteiger partial charge < -0.3 is 24.0 Å². The van der Waals surface area contributed by atoms with Crippen molar-refractivity contribution in [3.63, 3.8) is 0 Å². The molecule has 0 radical (unpaired) electrons. The molecule has 1 aliphatic rings. The van der Waals surface area contributed by atoms with E-state index in [1.165, 1.54) is 12.0 Å². The first-order valence-corrected chi connectivity index (χ1v) is 11.0. The van der Waals surface area contributed by atoms with Crippen LogP contribution in [0.15, 0.2) is 66.8 Å². The van der Waals surface area contributed by atoms with Gasteiger partial charge in [-0.05, 0) is 31.5 Å². The molecule has 2 heterocycles. The molecule has 1 saturated heterocycles. The van der Waals surface area contributed by atoms with Gasteiger partial charge in [0, 0.05) is 36.6 Å². The van der Waals surface area contributed by atoms with Crippen LogP contribution in [0.25, 0.3) is 5.76 Å². The van der Waals surface area contributed by atoms with E-state index < -0.39 is 17.7 Å². The lowest BCUT2D eigenvalue weighted by Crippen LogP contribution is -2.31. The van der Waals surface area contributed by atoms with E-state index in [9.17, 15) is 14.7 Å². The van der Waals surface area contributed by atoms with Gasteiger partial charge in [0.1, 0.15) is 17.3 Å². The number of aliphatic hydroxyl groups is 1. The van der Waals surface area contributed by atoms with E-state index >= 15 is 0 Å². The smallest absolute Gasteiger partial charge is 0.295 e. The number of aryl methyl sites for hydroxylation is 2. The van der Waals surface area contributed by atoms with Gasteiger partial charge in [0.25, 0.3) is 11.7 Å². The maximum atomic E-state index is 13.2. The number of aliphatic hydroxyl groups excluding tert-OH is 1. The summed E-state index contributed by atoms with van der Waals surface area (Å²) in [4.78, 5) is 31.9. The van der Waals surface area contributed by atoms with Gasteiger partial charge in [-0.2, -0.15) is 0 Å². The minimum atomic E-state index is -0.825. The van der Waals surface area contributed by atoms with Gasteiger partial charge in [0.2, 0.25) is 0 Å². The molecule has 2 aromatic carbocycles. The zero-order valence-corrected chi connectivity index (χ0v) is 19.4. The molecule has 1 N–H and O–H groups in total. The van der Waals surface area contributed by atoms with Gasteiger partial charge in [-0.3, -0.25) is 9.59 Å². The van der Waals surface area contributed by atoms with Crippen molar-refractivity contribution in [2.75, 3.05) is 20.8 Å². The Hall–Kier alpha value is -4.07. The minimum absolute atomic E-state index is 0.0306. The standard InChI is InChI=1S/C26H27N3O5/c1-17-5-7-18(8-6-17)24(30)22-23(20-15-19(33-2)9-10-21(20)34-3)29(26(32)25(22)31)13-4-12-28-14-11-27-16-28/h5-11,14-16,23,30H,4,12-13H2,1-3H3/b24-22+. The van der Waals surface area contributed by atoms with Crippen molar-refractivity contribution in [3.05, 3.63) is 83.4 Å². The summed E-state index contributed by atoms with van der Waals surface area (Å²) in [6.07, 6.45) is 5.83. The molecule has 1 fully saturated rings. The summed E-state index contributed by atoms with van der Waals surface area (Å²) in [5.41, 5.74) is 2.08. The summed E-state index contributed by atoms with van der Waals surface area (Å²) in [6, 6.07) is 11.5. The molecule has 4 rings (SSSR count). The number of ether oxygens (including phenoxy) is 2. The number of hydrogen-bond acceptors (Lipinski definition) is 6. The fourth-order valence-corrected chi connectivity index (χ4v) is 4.20. The third kappa shape index (κ3) is 4.39. The van der Waals surface area contributed by atoms with Crippen LogP contribution >= 0.6 is 0 Å². The quantitative estimate of drug-likeness (QED) is 0.312. The van der Waals surface area contributed by atoms with E-state index in [4.69, 9.17) is 9.47 Å². The molecule has 1 atom stereocenters. The average molecular weight is 462 g/mol. The minimum Gasteiger partial charge on any atom is -0.507 e. The van der Waals surface area contributed by atoms with E-state index in [-0.39, 0.29) is 11.3 Å². The summed E-state index contributed by atoms with van der Waals surface area (Å²) < 4.78 is 12.9. The van der Waals surface area contributed by atoms with Crippen molar-refractivity contribution in [2.24, 2.45) is 0 Å². The molecule has 34 heavy (non-hydrogen) atoms. The summed E-state index contributed by atoms with van der Waals surface area (Å²) >= 11 is 0. The maximum absolute atomic E-state index is 13.2. The van der Waals surface area contributed by atoms with Crippen molar-refractivity contribution in [3.8, 4) is 11.5 Å². The fourth-order valence-electron chi connectivity index (χ4n) is 4.20. The van der Waals surface area contributed by atoms with Gasteiger partial charge in [0.05, 0.1) is 32.2 Å². The highest BCUT2D eigenvalue weighted by Gasteiger charge is 2.47. The third-order valence-electron chi connectivity index (χ3n) is 5.97. The van der Waals surface area contributed by atoms with Crippen LogP contribution in [0.1, 0.15) is 29.2 Å². The Bertz CT molecular complexity index is 1220. The molecule has 0 aliphatic carbocycles. The highest BCUT2D eigenvalue weighted by atomic mass is 16.5. The first-order chi connectivity index (χ1) is 16.4. The second kappa shape index (κ2) is 9.82. The van der Waals surface area contributed by atoms with Crippen LogP contribution in [-0.4, -0.2) is 52.0 Å². The largest absolute Gasteiger partial charge is 0.507 e. The van der Waals surface area contributed by atoms with E-state index in [0.29, 0.717) is 42.1 Å². The van der Waals surface area contributed by atoms with E-state index in [2.05, 4.69) is 4.98 Å². The van der Waals surface area contributed by atoms with Crippen molar-refractivity contribution < 1.29 is 24.2 Å². The number of carbonyl (C=O) groups excluding carboxylic acids is 2. The zero-order chi connectivity index (χ0) is 24.2. The Balaban J connectivity index is 1.81.